The van der Waals surface area contributed by atoms with Gasteiger partial charge in [0.15, 0.2) is 0 Å². The SMILES string of the molecule is Cc1cnn2c1NC(=C1CC1)C=C2C(F)F. The lowest BCUT2D eigenvalue weighted by Crippen LogP contribution is -2.17. The fraction of sp³-hybridized carbons (Fsp3) is 0.364. The summed E-state index contributed by atoms with van der Waals surface area (Å²) >= 11 is 0. The van der Waals surface area contributed by atoms with E-state index in [1.165, 1.54) is 16.3 Å². The maximum absolute atomic E-state index is 12.9. The summed E-state index contributed by atoms with van der Waals surface area (Å²) in [5.41, 5.74) is 2.87. The van der Waals surface area contributed by atoms with Crippen molar-refractivity contribution in [3.63, 3.8) is 0 Å². The Balaban J connectivity index is 2.15. The van der Waals surface area contributed by atoms with Gasteiger partial charge in [0.05, 0.1) is 6.20 Å². The van der Waals surface area contributed by atoms with E-state index in [0.717, 1.165) is 24.1 Å². The highest BCUT2D eigenvalue weighted by Crippen LogP contribution is 2.37. The average Bonchev–Trinajstić information content (AvgIpc) is 3.03. The quantitative estimate of drug-likeness (QED) is 0.793. The van der Waals surface area contributed by atoms with Crippen molar-refractivity contribution in [3.05, 3.63) is 29.1 Å². The van der Waals surface area contributed by atoms with E-state index in [2.05, 4.69) is 10.4 Å². The number of alkyl halides is 2. The van der Waals surface area contributed by atoms with Gasteiger partial charge >= 0.3 is 0 Å². The lowest BCUT2D eigenvalue weighted by molar-refractivity contribution is 0.206. The predicted molar refractivity (Wildman–Crippen MR) is 57.1 cm³/mol. The van der Waals surface area contributed by atoms with Gasteiger partial charge in [-0.05, 0) is 31.4 Å². The zero-order valence-corrected chi connectivity index (χ0v) is 8.80. The van der Waals surface area contributed by atoms with Gasteiger partial charge in [-0.1, -0.05) is 0 Å². The molecule has 0 spiro atoms. The number of aryl methyl sites for hydroxylation is 1. The number of aromatic nitrogens is 2. The van der Waals surface area contributed by atoms with Crippen LogP contribution in [-0.2, 0) is 0 Å². The maximum Gasteiger partial charge on any atom is 0.280 e. The number of hydrogen-bond acceptors (Lipinski definition) is 2. The van der Waals surface area contributed by atoms with E-state index in [4.69, 9.17) is 0 Å². The van der Waals surface area contributed by atoms with Crippen LogP contribution in [0.15, 0.2) is 23.5 Å². The molecule has 0 bridgehead atoms. The summed E-state index contributed by atoms with van der Waals surface area (Å²) in [4.78, 5) is 0. The molecule has 0 aromatic carbocycles. The molecule has 3 nitrogen and oxygen atoms in total. The minimum Gasteiger partial charge on any atom is -0.340 e. The van der Waals surface area contributed by atoms with Crippen LogP contribution in [0.3, 0.4) is 0 Å². The smallest absolute Gasteiger partial charge is 0.280 e. The fourth-order valence-electron chi connectivity index (χ4n) is 1.83. The van der Waals surface area contributed by atoms with Crippen molar-refractivity contribution in [2.24, 2.45) is 0 Å². The van der Waals surface area contributed by atoms with Crippen LogP contribution in [0.5, 0.6) is 0 Å². The van der Waals surface area contributed by atoms with Gasteiger partial charge in [0.1, 0.15) is 11.5 Å². The molecule has 0 amide bonds. The Bertz CT molecular complexity index is 505. The van der Waals surface area contributed by atoms with Crippen LogP contribution in [0.2, 0.25) is 0 Å². The highest BCUT2D eigenvalue weighted by molar-refractivity contribution is 5.69. The summed E-state index contributed by atoms with van der Waals surface area (Å²) in [7, 11) is 0. The first-order valence-corrected chi connectivity index (χ1v) is 5.20. The van der Waals surface area contributed by atoms with E-state index in [9.17, 15) is 8.78 Å². The van der Waals surface area contributed by atoms with E-state index in [1.807, 2.05) is 6.92 Å². The first-order valence-electron chi connectivity index (χ1n) is 5.20. The molecule has 1 aliphatic carbocycles. The van der Waals surface area contributed by atoms with Crippen LogP contribution in [0.1, 0.15) is 18.4 Å². The minimum atomic E-state index is -2.51. The normalized spacial score (nSPS) is 18.4. The lowest BCUT2D eigenvalue weighted by Gasteiger charge is -2.20. The lowest BCUT2D eigenvalue weighted by atomic mass is 10.2. The predicted octanol–water partition coefficient (Wildman–Crippen LogP) is 2.77. The number of rotatable bonds is 1. The van der Waals surface area contributed by atoms with Gasteiger partial charge < -0.3 is 5.32 Å². The van der Waals surface area contributed by atoms with Gasteiger partial charge in [0.2, 0.25) is 0 Å². The topological polar surface area (TPSA) is 29.9 Å². The second-order valence-electron chi connectivity index (χ2n) is 4.10. The number of allylic oxidation sites excluding steroid dienone is 3. The number of nitrogens with zero attached hydrogens (tertiary/aromatic N) is 2. The number of anilines is 1. The molecule has 2 heterocycles. The summed E-state index contributed by atoms with van der Waals surface area (Å²) in [6.45, 7) is 1.86. The fourth-order valence-corrected chi connectivity index (χ4v) is 1.83. The Hall–Kier alpha value is -1.65. The van der Waals surface area contributed by atoms with Gasteiger partial charge in [-0.2, -0.15) is 5.10 Å². The summed E-state index contributed by atoms with van der Waals surface area (Å²) in [5.74, 6) is 0.659. The van der Waals surface area contributed by atoms with Crippen molar-refractivity contribution >= 4 is 11.5 Å². The molecule has 1 fully saturated rings. The number of fused-ring (bicyclic) bond motifs is 1. The van der Waals surface area contributed by atoms with Crippen molar-refractivity contribution in [3.8, 4) is 0 Å². The molecule has 0 atom stereocenters. The highest BCUT2D eigenvalue weighted by atomic mass is 19.3. The molecule has 5 heteroatoms. The zero-order chi connectivity index (χ0) is 11.3. The summed E-state index contributed by atoms with van der Waals surface area (Å²) in [6.07, 6.45) is 2.60. The van der Waals surface area contributed by atoms with Gasteiger partial charge in [-0.25, -0.2) is 13.5 Å². The van der Waals surface area contributed by atoms with Crippen LogP contribution in [0, 0.1) is 6.92 Å². The van der Waals surface area contributed by atoms with Gasteiger partial charge in [-0.3, -0.25) is 0 Å². The molecule has 0 radical (unpaired) electrons. The van der Waals surface area contributed by atoms with Crippen LogP contribution in [0.25, 0.3) is 5.70 Å². The summed E-state index contributed by atoms with van der Waals surface area (Å²) in [5, 5.41) is 7.12. The summed E-state index contributed by atoms with van der Waals surface area (Å²) < 4.78 is 27.1. The molecule has 1 aromatic rings. The van der Waals surface area contributed by atoms with Crippen molar-refractivity contribution in [1.82, 2.24) is 9.78 Å². The van der Waals surface area contributed by atoms with Gasteiger partial charge in [0.25, 0.3) is 6.43 Å². The molecule has 2 aliphatic rings. The number of halogens is 2. The van der Waals surface area contributed by atoms with E-state index in [-0.39, 0.29) is 5.70 Å². The third-order valence-corrected chi connectivity index (χ3v) is 2.85. The molecule has 84 valence electrons. The van der Waals surface area contributed by atoms with Crippen molar-refractivity contribution in [1.29, 1.82) is 0 Å². The molecular formula is C11H11F2N3. The molecule has 1 aromatic heterocycles. The van der Waals surface area contributed by atoms with Crippen molar-refractivity contribution < 1.29 is 8.78 Å². The monoisotopic (exact) mass is 223 g/mol. The molecule has 1 N–H and O–H groups in total. The molecule has 0 unspecified atom stereocenters. The van der Waals surface area contributed by atoms with Crippen LogP contribution in [0.4, 0.5) is 14.6 Å². The Kier molecular flexibility index (Phi) is 1.89. The Morgan fingerprint density at radius 2 is 2.19 bits per heavy atom. The Morgan fingerprint density at radius 3 is 2.81 bits per heavy atom. The second-order valence-corrected chi connectivity index (χ2v) is 4.10. The Morgan fingerprint density at radius 1 is 1.44 bits per heavy atom. The highest BCUT2D eigenvalue weighted by Gasteiger charge is 2.27. The van der Waals surface area contributed by atoms with E-state index < -0.39 is 6.43 Å². The molecule has 16 heavy (non-hydrogen) atoms. The van der Waals surface area contributed by atoms with E-state index in [0.29, 0.717) is 5.82 Å². The van der Waals surface area contributed by atoms with Crippen molar-refractivity contribution in [2.75, 3.05) is 5.32 Å². The van der Waals surface area contributed by atoms with Crippen molar-refractivity contribution in [2.45, 2.75) is 26.2 Å². The minimum absolute atomic E-state index is 0.0451. The molecular weight excluding hydrogens is 212 g/mol. The van der Waals surface area contributed by atoms with Crippen LogP contribution in [-0.4, -0.2) is 16.2 Å². The van der Waals surface area contributed by atoms with Crippen LogP contribution >= 0.6 is 0 Å². The zero-order valence-electron chi connectivity index (χ0n) is 8.80. The number of nitrogens with one attached hydrogen (secondary N) is 1. The summed E-state index contributed by atoms with van der Waals surface area (Å²) in [6, 6.07) is 0. The van der Waals surface area contributed by atoms with Gasteiger partial charge in [-0.15, -0.1) is 0 Å². The average molecular weight is 223 g/mol. The largest absolute Gasteiger partial charge is 0.340 e. The second kappa shape index (κ2) is 3.17. The molecule has 1 saturated carbocycles. The van der Waals surface area contributed by atoms with Crippen LogP contribution < -0.4 is 5.32 Å². The number of hydrogen-bond donors (Lipinski definition) is 1. The first-order chi connectivity index (χ1) is 7.66. The standard InChI is InChI=1S/C11H11F2N3/c1-6-5-14-16-9(10(12)13)4-8(7-2-3-7)15-11(6)16/h4-5,10,15H,2-3H2,1H3. The van der Waals surface area contributed by atoms with Gasteiger partial charge in [0, 0.05) is 11.3 Å². The maximum atomic E-state index is 12.9. The molecule has 1 aliphatic heterocycles. The molecule has 0 saturated heterocycles. The van der Waals surface area contributed by atoms with E-state index >= 15 is 0 Å². The third kappa shape index (κ3) is 1.35. The Labute approximate surface area is 91.4 Å². The first kappa shape index (κ1) is 9.57. The molecule has 3 rings (SSSR count). The third-order valence-electron chi connectivity index (χ3n) is 2.85. The van der Waals surface area contributed by atoms with E-state index in [1.54, 1.807) is 6.20 Å².